The van der Waals surface area contributed by atoms with E-state index in [-0.39, 0.29) is 35.9 Å². The standard InChI is InChI=1S/C18H32O8S4/c1-17(2,29(21,22)23)9-11-27(19)13-15-5-7-16(8-6-15)14-28(20)12-10-18(3,4)30(24,25)26/h5-8,21-23H,9-14H2,1-4H3,(H,24,25,26). The quantitative estimate of drug-likeness (QED) is 0.315. The van der Waals surface area contributed by atoms with Crippen LogP contribution in [-0.2, 0) is 43.2 Å². The van der Waals surface area contributed by atoms with Crippen LogP contribution in [0.15, 0.2) is 24.3 Å². The van der Waals surface area contributed by atoms with Gasteiger partial charge in [0.15, 0.2) is 0 Å². The third-order valence-corrected chi connectivity index (χ3v) is 10.9. The van der Waals surface area contributed by atoms with Crippen LogP contribution in [0, 0.1) is 0 Å². The first-order valence-electron chi connectivity index (χ1n) is 9.20. The predicted octanol–water partition coefficient (Wildman–Crippen LogP) is 3.63. The van der Waals surface area contributed by atoms with Gasteiger partial charge in [0, 0.05) is 44.6 Å². The van der Waals surface area contributed by atoms with Crippen molar-refractivity contribution >= 4 is 42.6 Å². The largest absolute Gasteiger partial charge is 0.308 e. The van der Waals surface area contributed by atoms with Gasteiger partial charge in [-0.2, -0.15) is 8.42 Å². The Labute approximate surface area is 185 Å². The van der Waals surface area contributed by atoms with E-state index in [4.69, 9.17) is 0 Å². The molecule has 4 N–H and O–H groups in total. The summed E-state index contributed by atoms with van der Waals surface area (Å²) < 4.78 is 82.0. The molecule has 0 saturated heterocycles. The minimum absolute atomic E-state index is 0.0738. The van der Waals surface area contributed by atoms with Crippen LogP contribution in [0.25, 0.3) is 0 Å². The molecule has 12 heteroatoms. The van der Waals surface area contributed by atoms with Crippen LogP contribution in [0.2, 0.25) is 0 Å². The van der Waals surface area contributed by atoms with Gasteiger partial charge in [-0.3, -0.25) is 13.0 Å². The number of hydrogen-bond donors (Lipinski definition) is 4. The molecule has 1 rings (SSSR count). The monoisotopic (exact) mass is 504 g/mol. The van der Waals surface area contributed by atoms with Gasteiger partial charge in [0.1, 0.15) is 0 Å². The van der Waals surface area contributed by atoms with Crippen LogP contribution < -0.4 is 0 Å². The summed E-state index contributed by atoms with van der Waals surface area (Å²) in [7, 11) is -10.5. The SMILES string of the molecule is CC(C)(CCS(=O)Cc1ccc(CS(=O)CCC(C)(C)S(=O)(=O)O)cc1)S(O)(O)O. The van der Waals surface area contributed by atoms with Crippen LogP contribution in [0.1, 0.15) is 51.7 Å². The fraction of sp³-hybridized carbons (Fsp3) is 0.667. The Kier molecular flexibility index (Phi) is 9.71. The van der Waals surface area contributed by atoms with Gasteiger partial charge in [0.2, 0.25) is 0 Å². The molecule has 1 aromatic carbocycles. The summed E-state index contributed by atoms with van der Waals surface area (Å²) in [5.41, 5.74) is 1.60. The Morgan fingerprint density at radius 3 is 1.37 bits per heavy atom. The molecule has 0 heterocycles. The molecule has 0 aliphatic carbocycles. The van der Waals surface area contributed by atoms with E-state index >= 15 is 0 Å². The lowest BCUT2D eigenvalue weighted by Crippen LogP contribution is -2.33. The lowest BCUT2D eigenvalue weighted by Gasteiger charge is -2.36. The van der Waals surface area contributed by atoms with E-state index in [2.05, 4.69) is 0 Å². The van der Waals surface area contributed by atoms with E-state index in [0.717, 1.165) is 11.1 Å². The molecule has 0 saturated carbocycles. The third-order valence-electron chi connectivity index (χ3n) is 4.98. The minimum Gasteiger partial charge on any atom is -0.308 e. The van der Waals surface area contributed by atoms with Crippen LogP contribution in [0.4, 0.5) is 0 Å². The van der Waals surface area contributed by atoms with E-state index in [1.54, 1.807) is 24.3 Å². The Balaban J connectivity index is 2.55. The summed E-state index contributed by atoms with van der Waals surface area (Å²) in [5.74, 6) is 0.858. The maximum atomic E-state index is 12.3. The molecule has 2 unspecified atom stereocenters. The average molecular weight is 505 g/mol. The first kappa shape index (κ1) is 27.7. The molecule has 30 heavy (non-hydrogen) atoms. The molecule has 2 atom stereocenters. The highest BCUT2D eigenvalue weighted by Crippen LogP contribution is 2.50. The zero-order chi connectivity index (χ0) is 23.4. The summed E-state index contributed by atoms with van der Waals surface area (Å²) in [6, 6.07) is 7.09. The van der Waals surface area contributed by atoms with Gasteiger partial charge >= 0.3 is 0 Å². The van der Waals surface area contributed by atoms with E-state index in [9.17, 15) is 35.0 Å². The summed E-state index contributed by atoms with van der Waals surface area (Å²) in [6.07, 6.45) is 0.264. The molecular weight excluding hydrogens is 472 g/mol. The minimum atomic E-state index is -4.21. The molecule has 0 aliphatic heterocycles. The lowest BCUT2D eigenvalue weighted by molar-refractivity contribution is 0.337. The average Bonchev–Trinajstić information content (AvgIpc) is 2.58. The zero-order valence-corrected chi connectivity index (χ0v) is 20.9. The molecule has 176 valence electrons. The highest BCUT2D eigenvalue weighted by Gasteiger charge is 2.36. The van der Waals surface area contributed by atoms with Crippen molar-refractivity contribution in [2.75, 3.05) is 11.5 Å². The topological polar surface area (TPSA) is 149 Å². The van der Waals surface area contributed by atoms with Gasteiger partial charge in [0.05, 0.1) is 20.4 Å². The van der Waals surface area contributed by atoms with Crippen LogP contribution >= 0.6 is 10.9 Å². The second kappa shape index (κ2) is 10.5. The third kappa shape index (κ3) is 8.65. The highest BCUT2D eigenvalue weighted by molar-refractivity contribution is 8.20. The fourth-order valence-electron chi connectivity index (χ4n) is 2.23. The summed E-state index contributed by atoms with van der Waals surface area (Å²) in [5, 5.41) is 0. The zero-order valence-electron chi connectivity index (χ0n) is 17.6. The van der Waals surface area contributed by atoms with Gasteiger partial charge in [-0.1, -0.05) is 24.3 Å². The fourth-order valence-corrected chi connectivity index (χ4v) is 6.12. The Morgan fingerprint density at radius 2 is 1.07 bits per heavy atom. The van der Waals surface area contributed by atoms with E-state index in [1.807, 2.05) is 0 Å². The van der Waals surface area contributed by atoms with Crippen LogP contribution in [-0.4, -0.2) is 56.0 Å². The molecule has 8 nitrogen and oxygen atoms in total. The Morgan fingerprint density at radius 1 is 0.733 bits per heavy atom. The molecular formula is C18H32O8S4. The van der Waals surface area contributed by atoms with Gasteiger partial charge in [0.25, 0.3) is 10.1 Å². The highest BCUT2D eigenvalue weighted by atomic mass is 32.3. The van der Waals surface area contributed by atoms with Crippen LogP contribution in [0.5, 0.6) is 0 Å². The van der Waals surface area contributed by atoms with E-state index < -0.39 is 52.1 Å². The van der Waals surface area contributed by atoms with Crippen molar-refractivity contribution in [1.29, 1.82) is 0 Å². The van der Waals surface area contributed by atoms with Gasteiger partial charge < -0.3 is 13.7 Å². The molecule has 0 spiro atoms. The van der Waals surface area contributed by atoms with Crippen molar-refractivity contribution in [3.63, 3.8) is 0 Å². The summed E-state index contributed by atoms with van der Waals surface area (Å²) in [4.78, 5) is 0. The molecule has 1 aromatic rings. The van der Waals surface area contributed by atoms with Crippen molar-refractivity contribution in [3.05, 3.63) is 35.4 Å². The maximum Gasteiger partial charge on any atom is 0.270 e. The molecule has 0 fully saturated rings. The normalized spacial score (nSPS) is 16.3. The Bertz CT molecular complexity index is 855. The smallest absolute Gasteiger partial charge is 0.270 e. The molecule has 0 radical (unpaired) electrons. The summed E-state index contributed by atoms with van der Waals surface area (Å²) >= 11 is 0. The molecule has 0 amide bonds. The second-order valence-corrected chi connectivity index (χ2v) is 15.8. The van der Waals surface area contributed by atoms with Gasteiger partial charge in [-0.15, -0.1) is 0 Å². The van der Waals surface area contributed by atoms with Gasteiger partial charge in [-0.25, -0.2) is 0 Å². The summed E-state index contributed by atoms with van der Waals surface area (Å²) in [6.45, 7) is 5.79. The first-order valence-corrected chi connectivity index (χ1v) is 15.1. The van der Waals surface area contributed by atoms with Crippen molar-refractivity contribution in [3.8, 4) is 0 Å². The maximum absolute atomic E-state index is 12.3. The lowest BCUT2D eigenvalue weighted by atomic mass is 10.1. The van der Waals surface area contributed by atoms with Crippen molar-refractivity contribution in [2.24, 2.45) is 0 Å². The number of benzene rings is 1. The van der Waals surface area contributed by atoms with Gasteiger partial charge in [-0.05, 0) is 51.7 Å². The second-order valence-electron chi connectivity index (χ2n) is 8.41. The first-order chi connectivity index (χ1) is 13.4. The number of hydrogen-bond acceptors (Lipinski definition) is 7. The van der Waals surface area contributed by atoms with Crippen molar-refractivity contribution in [1.82, 2.24) is 0 Å². The Hall–Kier alpha value is -0.340. The molecule has 0 bridgehead atoms. The molecule has 0 aliphatic rings. The molecule has 0 aromatic heterocycles. The van der Waals surface area contributed by atoms with E-state index in [1.165, 1.54) is 27.7 Å². The van der Waals surface area contributed by atoms with Crippen molar-refractivity contribution < 1.29 is 35.0 Å². The number of rotatable bonds is 12. The van der Waals surface area contributed by atoms with E-state index in [0.29, 0.717) is 0 Å². The van der Waals surface area contributed by atoms with Crippen molar-refractivity contribution in [2.45, 2.75) is 61.5 Å². The van der Waals surface area contributed by atoms with Crippen LogP contribution in [0.3, 0.4) is 0 Å². The predicted molar refractivity (Wildman–Crippen MR) is 124 cm³/mol.